The summed E-state index contributed by atoms with van der Waals surface area (Å²) in [5, 5.41) is 2.92. The number of aryl methyl sites for hydroxylation is 1. The molecule has 130 valence electrons. The number of hydrogen-bond donors (Lipinski definition) is 1. The van der Waals surface area contributed by atoms with Gasteiger partial charge in [-0.05, 0) is 50.4 Å². The minimum absolute atomic E-state index is 0.0657. The predicted octanol–water partition coefficient (Wildman–Crippen LogP) is 3.34. The lowest BCUT2D eigenvalue weighted by atomic mass is 10.0. The molecular weight excluding hydrogens is 288 g/mol. The van der Waals surface area contributed by atoms with Crippen molar-refractivity contribution in [2.45, 2.75) is 53.5 Å². The van der Waals surface area contributed by atoms with Crippen molar-refractivity contribution in [3.63, 3.8) is 0 Å². The van der Waals surface area contributed by atoms with Crippen LogP contribution in [0.5, 0.6) is 5.75 Å². The van der Waals surface area contributed by atoms with Gasteiger partial charge in [-0.25, -0.2) is 0 Å². The molecule has 0 saturated carbocycles. The van der Waals surface area contributed by atoms with Crippen LogP contribution in [-0.4, -0.2) is 43.1 Å². The minimum Gasteiger partial charge on any atom is -0.483 e. The van der Waals surface area contributed by atoms with Crippen LogP contribution in [0.1, 0.15) is 51.7 Å². The SMILES string of the molecule is CCN(CCNC(=O)COc1cc(C(C)C)ccc1C)C(C)C. The third-order valence-corrected chi connectivity index (χ3v) is 4.10. The summed E-state index contributed by atoms with van der Waals surface area (Å²) in [7, 11) is 0. The Morgan fingerprint density at radius 2 is 1.96 bits per heavy atom. The molecule has 0 radical (unpaired) electrons. The number of carbonyl (C=O) groups is 1. The molecule has 4 heteroatoms. The lowest BCUT2D eigenvalue weighted by molar-refractivity contribution is -0.123. The van der Waals surface area contributed by atoms with Crippen LogP contribution in [0, 0.1) is 6.92 Å². The van der Waals surface area contributed by atoms with Crippen molar-refractivity contribution in [2.24, 2.45) is 0 Å². The topological polar surface area (TPSA) is 41.6 Å². The summed E-state index contributed by atoms with van der Waals surface area (Å²) in [6, 6.07) is 6.68. The number of hydrogen-bond acceptors (Lipinski definition) is 3. The number of amides is 1. The van der Waals surface area contributed by atoms with Crippen LogP contribution in [0.2, 0.25) is 0 Å². The van der Waals surface area contributed by atoms with Gasteiger partial charge in [0.15, 0.2) is 6.61 Å². The first-order chi connectivity index (χ1) is 10.8. The average molecular weight is 320 g/mol. The molecule has 0 saturated heterocycles. The van der Waals surface area contributed by atoms with Crippen molar-refractivity contribution < 1.29 is 9.53 Å². The molecule has 0 aliphatic carbocycles. The van der Waals surface area contributed by atoms with Gasteiger partial charge in [-0.1, -0.05) is 32.9 Å². The van der Waals surface area contributed by atoms with Crippen molar-refractivity contribution in [1.82, 2.24) is 10.2 Å². The smallest absolute Gasteiger partial charge is 0.257 e. The van der Waals surface area contributed by atoms with Gasteiger partial charge in [0.05, 0.1) is 0 Å². The second kappa shape index (κ2) is 9.56. The maximum atomic E-state index is 11.9. The van der Waals surface area contributed by atoms with Crippen LogP contribution in [0.3, 0.4) is 0 Å². The van der Waals surface area contributed by atoms with E-state index in [1.54, 1.807) is 0 Å². The molecule has 0 aliphatic heterocycles. The first-order valence-electron chi connectivity index (χ1n) is 8.59. The van der Waals surface area contributed by atoms with Crippen molar-refractivity contribution in [3.05, 3.63) is 29.3 Å². The van der Waals surface area contributed by atoms with Gasteiger partial charge >= 0.3 is 0 Å². The molecule has 0 fully saturated rings. The number of carbonyl (C=O) groups excluding carboxylic acids is 1. The molecule has 0 aromatic heterocycles. The van der Waals surface area contributed by atoms with Gasteiger partial charge in [0.25, 0.3) is 5.91 Å². The molecular formula is C19H32N2O2. The normalized spacial score (nSPS) is 11.3. The molecule has 0 heterocycles. The Morgan fingerprint density at radius 1 is 1.26 bits per heavy atom. The van der Waals surface area contributed by atoms with E-state index >= 15 is 0 Å². The van der Waals surface area contributed by atoms with E-state index in [9.17, 15) is 4.79 Å². The van der Waals surface area contributed by atoms with Crippen molar-refractivity contribution in [2.75, 3.05) is 26.2 Å². The fourth-order valence-electron chi connectivity index (χ4n) is 2.45. The third-order valence-electron chi connectivity index (χ3n) is 4.10. The van der Waals surface area contributed by atoms with Gasteiger partial charge in [0.2, 0.25) is 0 Å². The quantitative estimate of drug-likeness (QED) is 0.759. The van der Waals surface area contributed by atoms with E-state index < -0.39 is 0 Å². The highest BCUT2D eigenvalue weighted by molar-refractivity contribution is 5.77. The zero-order valence-electron chi connectivity index (χ0n) is 15.5. The summed E-state index contributed by atoms with van der Waals surface area (Å²) in [5.41, 5.74) is 2.28. The summed E-state index contributed by atoms with van der Waals surface area (Å²) >= 11 is 0. The molecule has 1 aromatic carbocycles. The van der Waals surface area contributed by atoms with E-state index in [0.29, 0.717) is 18.5 Å². The minimum atomic E-state index is -0.0702. The zero-order valence-corrected chi connectivity index (χ0v) is 15.5. The van der Waals surface area contributed by atoms with Crippen LogP contribution < -0.4 is 10.1 Å². The van der Waals surface area contributed by atoms with E-state index in [2.05, 4.69) is 50.9 Å². The number of ether oxygens (including phenoxy) is 1. The Morgan fingerprint density at radius 3 is 2.52 bits per heavy atom. The Bertz CT molecular complexity index is 498. The van der Waals surface area contributed by atoms with Gasteiger partial charge in [-0.15, -0.1) is 0 Å². The summed E-state index contributed by atoms with van der Waals surface area (Å²) in [5.74, 6) is 1.17. The molecule has 0 spiro atoms. The molecule has 1 N–H and O–H groups in total. The molecule has 0 aliphatic rings. The number of likely N-dealkylation sites (N-methyl/N-ethyl adjacent to an activating group) is 1. The highest BCUT2D eigenvalue weighted by Gasteiger charge is 2.09. The van der Waals surface area contributed by atoms with Crippen LogP contribution in [0.15, 0.2) is 18.2 Å². The first-order valence-corrected chi connectivity index (χ1v) is 8.59. The van der Waals surface area contributed by atoms with Gasteiger partial charge in [-0.2, -0.15) is 0 Å². The highest BCUT2D eigenvalue weighted by Crippen LogP contribution is 2.24. The van der Waals surface area contributed by atoms with Crippen molar-refractivity contribution >= 4 is 5.91 Å². The first kappa shape index (κ1) is 19.5. The summed E-state index contributed by atoms with van der Waals surface area (Å²) < 4.78 is 5.70. The van der Waals surface area contributed by atoms with Gasteiger partial charge in [0, 0.05) is 19.1 Å². The molecule has 23 heavy (non-hydrogen) atoms. The van der Waals surface area contributed by atoms with E-state index in [4.69, 9.17) is 4.74 Å². The molecule has 4 nitrogen and oxygen atoms in total. The second-order valence-corrected chi connectivity index (χ2v) is 6.54. The largest absolute Gasteiger partial charge is 0.483 e. The standard InChI is InChI=1S/C19H32N2O2/c1-7-21(15(4)5)11-10-20-19(22)13-23-18-12-17(14(2)3)9-8-16(18)6/h8-9,12,14-15H,7,10-11,13H2,1-6H3,(H,20,22). The van der Waals surface area contributed by atoms with Crippen molar-refractivity contribution in [3.8, 4) is 5.75 Å². The average Bonchev–Trinajstić information content (AvgIpc) is 2.50. The Balaban J connectivity index is 2.43. The maximum absolute atomic E-state index is 11.9. The van der Waals surface area contributed by atoms with Gasteiger partial charge in [0.1, 0.15) is 5.75 Å². The van der Waals surface area contributed by atoms with E-state index in [1.807, 2.05) is 19.1 Å². The van der Waals surface area contributed by atoms with Crippen LogP contribution in [0.4, 0.5) is 0 Å². The molecule has 1 aromatic rings. The lowest BCUT2D eigenvalue weighted by Crippen LogP contribution is -2.39. The molecule has 1 rings (SSSR count). The van der Waals surface area contributed by atoms with Gasteiger partial charge < -0.3 is 10.1 Å². The molecule has 0 unspecified atom stereocenters. The fourth-order valence-corrected chi connectivity index (χ4v) is 2.45. The Hall–Kier alpha value is -1.55. The monoisotopic (exact) mass is 320 g/mol. The van der Waals surface area contributed by atoms with E-state index in [0.717, 1.165) is 24.4 Å². The summed E-state index contributed by atoms with van der Waals surface area (Å²) in [4.78, 5) is 14.2. The fraction of sp³-hybridized carbons (Fsp3) is 0.632. The number of benzene rings is 1. The van der Waals surface area contributed by atoms with Crippen molar-refractivity contribution in [1.29, 1.82) is 0 Å². The lowest BCUT2D eigenvalue weighted by Gasteiger charge is -2.24. The van der Waals surface area contributed by atoms with Crippen LogP contribution >= 0.6 is 0 Å². The van der Waals surface area contributed by atoms with Gasteiger partial charge in [-0.3, -0.25) is 9.69 Å². The summed E-state index contributed by atoms with van der Waals surface area (Å²) in [6.45, 7) is 15.3. The highest BCUT2D eigenvalue weighted by atomic mass is 16.5. The Kier molecular flexibility index (Phi) is 8.10. The summed E-state index contributed by atoms with van der Waals surface area (Å²) in [6.07, 6.45) is 0. The Labute approximate surface area is 141 Å². The number of rotatable bonds is 9. The maximum Gasteiger partial charge on any atom is 0.257 e. The second-order valence-electron chi connectivity index (χ2n) is 6.54. The molecule has 1 amide bonds. The van der Waals surface area contributed by atoms with E-state index in [-0.39, 0.29) is 12.5 Å². The number of nitrogens with zero attached hydrogens (tertiary/aromatic N) is 1. The number of nitrogens with one attached hydrogen (secondary N) is 1. The molecule has 0 bridgehead atoms. The third kappa shape index (κ3) is 6.61. The molecule has 0 atom stereocenters. The van der Waals surface area contributed by atoms with E-state index in [1.165, 1.54) is 5.56 Å². The predicted molar refractivity (Wildman–Crippen MR) is 96.2 cm³/mol. The zero-order chi connectivity index (χ0) is 17.4. The van der Waals surface area contributed by atoms with Crippen LogP contribution in [-0.2, 0) is 4.79 Å². The van der Waals surface area contributed by atoms with Crippen LogP contribution in [0.25, 0.3) is 0 Å².